The summed E-state index contributed by atoms with van der Waals surface area (Å²) < 4.78 is 22.8. The highest BCUT2D eigenvalue weighted by Gasteiger charge is 2.23. The van der Waals surface area contributed by atoms with Gasteiger partial charge in [0.1, 0.15) is 29.1 Å². The van der Waals surface area contributed by atoms with Crippen LogP contribution in [0, 0.1) is 5.82 Å². The third kappa shape index (κ3) is 3.35. The number of aryl methyl sites for hydroxylation is 1. The summed E-state index contributed by atoms with van der Waals surface area (Å²) in [7, 11) is 1.79. The predicted octanol–water partition coefficient (Wildman–Crippen LogP) is 1.37. The molecule has 1 amide bonds. The van der Waals surface area contributed by atoms with E-state index >= 15 is 0 Å². The molecule has 0 aromatic carbocycles. The Hall–Kier alpha value is -4.22. The number of rotatable bonds is 1. The van der Waals surface area contributed by atoms with Crippen LogP contribution >= 0.6 is 0 Å². The number of carbonyl (C=O) groups is 1. The number of anilines is 2. The van der Waals surface area contributed by atoms with Gasteiger partial charge in [0.25, 0.3) is 5.91 Å². The average molecular weight is 437 g/mol. The largest absolute Gasteiger partial charge is 0.473 e. The van der Waals surface area contributed by atoms with Crippen LogP contribution in [0.5, 0.6) is 5.88 Å². The van der Waals surface area contributed by atoms with Gasteiger partial charge >= 0.3 is 0 Å². The number of nitrogens with zero attached hydrogens (tertiary/aromatic N) is 6. The first-order chi connectivity index (χ1) is 15.4. The van der Waals surface area contributed by atoms with Gasteiger partial charge in [0.2, 0.25) is 5.88 Å². The van der Waals surface area contributed by atoms with Gasteiger partial charge in [0.05, 0.1) is 30.7 Å². The van der Waals surface area contributed by atoms with Crippen LogP contribution < -0.4 is 21.1 Å². The summed E-state index contributed by atoms with van der Waals surface area (Å²) in [5, 5.41) is 14.5. The molecule has 5 heterocycles. The quantitative estimate of drug-likeness (QED) is 0.406. The van der Waals surface area contributed by atoms with Crippen molar-refractivity contribution < 1.29 is 13.9 Å². The van der Waals surface area contributed by atoms with E-state index in [1.54, 1.807) is 31.0 Å². The lowest BCUT2D eigenvalue weighted by atomic mass is 10.1. The molecular weight excluding hydrogens is 417 g/mol. The molecule has 1 unspecified atom stereocenters. The lowest BCUT2D eigenvalue weighted by molar-refractivity contribution is 0.0932. The fourth-order valence-corrected chi connectivity index (χ4v) is 3.58. The minimum Gasteiger partial charge on any atom is -0.473 e. The highest BCUT2D eigenvalue weighted by molar-refractivity contribution is 6.01. The fourth-order valence-electron chi connectivity index (χ4n) is 3.58. The van der Waals surface area contributed by atoms with E-state index in [1.807, 2.05) is 0 Å². The smallest absolute Gasteiger partial charge is 0.256 e. The van der Waals surface area contributed by atoms with E-state index in [-0.39, 0.29) is 36.3 Å². The van der Waals surface area contributed by atoms with E-state index in [4.69, 9.17) is 10.5 Å². The second kappa shape index (κ2) is 7.48. The van der Waals surface area contributed by atoms with Gasteiger partial charge in [0, 0.05) is 30.9 Å². The third-order valence-electron chi connectivity index (χ3n) is 5.12. The first kappa shape index (κ1) is 19.7. The van der Waals surface area contributed by atoms with Crippen molar-refractivity contribution in [1.82, 2.24) is 34.7 Å². The summed E-state index contributed by atoms with van der Waals surface area (Å²) in [5.74, 6) is 0.0726. The minimum atomic E-state index is -0.493. The van der Waals surface area contributed by atoms with E-state index in [9.17, 15) is 9.18 Å². The maximum Gasteiger partial charge on any atom is 0.256 e. The molecule has 4 aromatic rings. The van der Waals surface area contributed by atoms with E-state index < -0.39 is 11.9 Å². The summed E-state index contributed by atoms with van der Waals surface area (Å²) in [6.45, 7) is 2.15. The summed E-state index contributed by atoms with van der Waals surface area (Å²) in [6, 6.07) is 1.34. The molecule has 1 aliphatic rings. The summed E-state index contributed by atoms with van der Waals surface area (Å²) in [6.07, 6.45) is 5.53. The molecule has 1 aliphatic heterocycles. The van der Waals surface area contributed by atoms with E-state index in [0.29, 0.717) is 28.2 Å². The molecule has 164 valence electrons. The van der Waals surface area contributed by atoms with Crippen LogP contribution in [-0.4, -0.2) is 47.9 Å². The minimum absolute atomic E-state index is 0.160. The summed E-state index contributed by atoms with van der Waals surface area (Å²) in [5.41, 5.74) is 8.77. The van der Waals surface area contributed by atoms with Gasteiger partial charge in [0.15, 0.2) is 5.65 Å². The van der Waals surface area contributed by atoms with Gasteiger partial charge in [-0.2, -0.15) is 14.7 Å². The van der Waals surface area contributed by atoms with Gasteiger partial charge in [-0.15, -0.1) is 0 Å². The van der Waals surface area contributed by atoms with Crippen LogP contribution in [0.4, 0.5) is 16.0 Å². The number of nitrogen functional groups attached to an aromatic ring is 1. The Morgan fingerprint density at radius 1 is 1.25 bits per heavy atom. The van der Waals surface area contributed by atoms with Crippen molar-refractivity contribution in [3.63, 3.8) is 0 Å². The van der Waals surface area contributed by atoms with Crippen molar-refractivity contribution in [1.29, 1.82) is 0 Å². The molecule has 4 aromatic heterocycles. The molecule has 32 heavy (non-hydrogen) atoms. The molecule has 0 aliphatic carbocycles. The van der Waals surface area contributed by atoms with Crippen molar-refractivity contribution >= 4 is 23.2 Å². The van der Waals surface area contributed by atoms with Crippen molar-refractivity contribution in [2.45, 2.75) is 19.6 Å². The number of carbonyl (C=O) groups excluding carboxylic acids is 1. The molecule has 11 nitrogen and oxygen atoms in total. The second-order valence-corrected chi connectivity index (χ2v) is 7.53. The van der Waals surface area contributed by atoms with Gasteiger partial charge in [-0.05, 0) is 13.0 Å². The molecule has 0 spiro atoms. The number of aromatic nitrogens is 6. The Balaban J connectivity index is 1.71. The number of nitrogens with one attached hydrogen (secondary N) is 2. The molecule has 2 bridgehead atoms. The highest BCUT2D eigenvalue weighted by atomic mass is 19.1. The summed E-state index contributed by atoms with van der Waals surface area (Å²) in [4.78, 5) is 21.5. The number of fused-ring (bicyclic) bond motifs is 2. The van der Waals surface area contributed by atoms with Crippen molar-refractivity contribution in [2.24, 2.45) is 7.05 Å². The van der Waals surface area contributed by atoms with Crippen LogP contribution in [0.15, 0.2) is 30.9 Å². The Morgan fingerprint density at radius 3 is 2.88 bits per heavy atom. The molecule has 0 saturated carbocycles. The van der Waals surface area contributed by atoms with Crippen molar-refractivity contribution in [3.8, 4) is 17.0 Å². The monoisotopic (exact) mass is 437 g/mol. The topological polar surface area (TPSA) is 137 Å². The summed E-state index contributed by atoms with van der Waals surface area (Å²) >= 11 is 0. The van der Waals surface area contributed by atoms with Gasteiger partial charge < -0.3 is 21.1 Å². The number of amides is 1. The number of hydrogen-bond donors (Lipinski definition) is 3. The van der Waals surface area contributed by atoms with Crippen LogP contribution in [0.3, 0.4) is 0 Å². The molecule has 0 saturated heterocycles. The Labute approximate surface area is 181 Å². The van der Waals surface area contributed by atoms with Crippen LogP contribution in [0.25, 0.3) is 16.8 Å². The molecule has 12 heteroatoms. The normalized spacial score (nSPS) is 16.3. The van der Waals surface area contributed by atoms with Crippen LogP contribution in [-0.2, 0) is 13.6 Å². The number of nitrogens with two attached hydrogens (primary N) is 1. The maximum absolute atomic E-state index is 13.9. The number of pyridine rings is 1. The van der Waals surface area contributed by atoms with E-state index in [0.717, 1.165) is 6.20 Å². The molecular formula is C20H20FN9O2. The zero-order valence-corrected chi connectivity index (χ0v) is 17.3. The Kier molecular flexibility index (Phi) is 4.61. The highest BCUT2D eigenvalue weighted by Crippen LogP contribution is 2.34. The van der Waals surface area contributed by atoms with Gasteiger partial charge in [-0.25, -0.2) is 14.4 Å². The first-order valence-corrected chi connectivity index (χ1v) is 9.90. The van der Waals surface area contributed by atoms with E-state index in [1.165, 1.54) is 16.8 Å². The Morgan fingerprint density at radius 2 is 2.09 bits per heavy atom. The van der Waals surface area contributed by atoms with E-state index in [2.05, 4.69) is 30.8 Å². The zero-order chi connectivity index (χ0) is 22.4. The number of halogens is 1. The standard InChI is InChI=1S/C20H20FN9O2/c1-10-4-24-19(31)14-8-27-30-16(22)15(12-6-26-29(2)9-12)17(28-18(14)30)23-5-11-3-13(21)7-25-20(11)32-10/h3,6-10H,4-5,22H2,1-2H3,(H,23,28)(H,24,31). The predicted molar refractivity (Wildman–Crippen MR) is 114 cm³/mol. The van der Waals surface area contributed by atoms with Gasteiger partial charge in [-0.1, -0.05) is 0 Å². The second-order valence-electron chi connectivity index (χ2n) is 7.53. The molecule has 4 N–H and O–H groups in total. The van der Waals surface area contributed by atoms with Crippen LogP contribution in [0.1, 0.15) is 22.8 Å². The zero-order valence-electron chi connectivity index (χ0n) is 17.3. The average Bonchev–Trinajstić information content (AvgIpc) is 3.38. The SMILES string of the molecule is CC1CNC(=O)c2cnn3c(N)c(-c4cnn(C)c4)c(nc23)NCc2cc(F)cnc2O1. The molecule has 1 atom stereocenters. The van der Waals surface area contributed by atoms with Crippen LogP contribution in [0.2, 0.25) is 0 Å². The lowest BCUT2D eigenvalue weighted by Crippen LogP contribution is -2.33. The number of hydrogen-bond acceptors (Lipinski definition) is 8. The molecule has 5 rings (SSSR count). The fraction of sp³-hybridized carbons (Fsp3) is 0.250. The third-order valence-corrected chi connectivity index (χ3v) is 5.12. The van der Waals surface area contributed by atoms with Crippen molar-refractivity contribution in [3.05, 3.63) is 47.8 Å². The first-order valence-electron chi connectivity index (χ1n) is 9.90. The maximum atomic E-state index is 13.9. The molecule has 0 fully saturated rings. The molecule has 0 radical (unpaired) electrons. The van der Waals surface area contributed by atoms with Crippen molar-refractivity contribution in [2.75, 3.05) is 17.6 Å². The van der Waals surface area contributed by atoms with Gasteiger partial charge in [-0.3, -0.25) is 9.48 Å². The lowest BCUT2D eigenvalue weighted by Gasteiger charge is -2.17. The number of ether oxygens (including phenoxy) is 1. The Bertz CT molecular complexity index is 1350.